The molecule has 0 heterocycles. The van der Waals surface area contributed by atoms with E-state index in [1.165, 1.54) is 17.0 Å². The highest BCUT2D eigenvalue weighted by atomic mass is 79.9. The summed E-state index contributed by atoms with van der Waals surface area (Å²) in [5.74, 6) is -0.620. The molecule has 1 rings (SSSR count). The molecule has 0 aliphatic carbocycles. The minimum absolute atomic E-state index is 0.0550. The lowest BCUT2D eigenvalue weighted by atomic mass is 10.2. The quantitative estimate of drug-likeness (QED) is 0.844. The van der Waals surface area contributed by atoms with Crippen LogP contribution in [0.3, 0.4) is 0 Å². The van der Waals surface area contributed by atoms with Gasteiger partial charge in [-0.3, -0.25) is 0 Å². The molecular formula is C11H12BrFN2O2S. The smallest absolute Gasteiger partial charge is 0.161 e. The maximum atomic E-state index is 13.9. The van der Waals surface area contributed by atoms with Crippen LogP contribution in [-0.2, 0) is 9.84 Å². The third-order valence-corrected chi connectivity index (χ3v) is 4.09. The molecule has 0 amide bonds. The van der Waals surface area contributed by atoms with Crippen LogP contribution in [0.2, 0.25) is 0 Å². The lowest BCUT2D eigenvalue weighted by Gasteiger charge is -2.20. The Balaban J connectivity index is 2.98. The Morgan fingerprint density at radius 3 is 2.61 bits per heavy atom. The SMILES string of the molecule is CN(CCS(C)(=O)=O)c1ccc(C#N)c(Br)c1F. The number of anilines is 1. The van der Waals surface area contributed by atoms with Gasteiger partial charge in [0.2, 0.25) is 0 Å². The molecule has 0 radical (unpaired) electrons. The van der Waals surface area contributed by atoms with Gasteiger partial charge < -0.3 is 4.90 Å². The van der Waals surface area contributed by atoms with Crippen LogP contribution in [0.1, 0.15) is 5.56 Å². The van der Waals surface area contributed by atoms with Crippen LogP contribution >= 0.6 is 15.9 Å². The van der Waals surface area contributed by atoms with Crippen LogP contribution in [0.25, 0.3) is 0 Å². The first kappa shape index (κ1) is 14.9. The van der Waals surface area contributed by atoms with Crippen LogP contribution in [0.5, 0.6) is 0 Å². The average Bonchev–Trinajstić information content (AvgIpc) is 2.28. The van der Waals surface area contributed by atoms with Crippen molar-refractivity contribution in [1.29, 1.82) is 5.26 Å². The van der Waals surface area contributed by atoms with E-state index in [2.05, 4.69) is 15.9 Å². The molecule has 4 nitrogen and oxygen atoms in total. The van der Waals surface area contributed by atoms with Gasteiger partial charge in [0.25, 0.3) is 0 Å². The van der Waals surface area contributed by atoms with Crippen LogP contribution in [-0.4, -0.2) is 34.0 Å². The van der Waals surface area contributed by atoms with Crippen molar-refractivity contribution in [3.05, 3.63) is 28.0 Å². The fourth-order valence-corrected chi connectivity index (χ4v) is 2.37. The van der Waals surface area contributed by atoms with E-state index in [-0.39, 0.29) is 28.0 Å². The number of nitriles is 1. The van der Waals surface area contributed by atoms with Gasteiger partial charge in [0.15, 0.2) is 5.82 Å². The molecule has 0 unspecified atom stereocenters. The van der Waals surface area contributed by atoms with Crippen molar-refractivity contribution >= 4 is 31.5 Å². The topological polar surface area (TPSA) is 61.2 Å². The summed E-state index contributed by atoms with van der Waals surface area (Å²) in [5.41, 5.74) is 0.456. The lowest BCUT2D eigenvalue weighted by molar-refractivity contribution is 0.598. The molecule has 0 aliphatic heterocycles. The first-order valence-corrected chi connectivity index (χ1v) is 7.88. The van der Waals surface area contributed by atoms with E-state index in [1.54, 1.807) is 7.05 Å². The molecule has 0 aromatic heterocycles. The van der Waals surface area contributed by atoms with E-state index in [1.807, 2.05) is 6.07 Å². The van der Waals surface area contributed by atoms with Crippen molar-refractivity contribution in [2.75, 3.05) is 30.5 Å². The van der Waals surface area contributed by atoms with Gasteiger partial charge in [-0.25, -0.2) is 12.8 Å². The predicted molar refractivity (Wildman–Crippen MR) is 71.8 cm³/mol. The monoisotopic (exact) mass is 334 g/mol. The van der Waals surface area contributed by atoms with E-state index >= 15 is 0 Å². The van der Waals surface area contributed by atoms with Gasteiger partial charge in [-0.05, 0) is 28.1 Å². The summed E-state index contributed by atoms with van der Waals surface area (Å²) in [7, 11) is -1.49. The third kappa shape index (κ3) is 3.68. The molecule has 98 valence electrons. The van der Waals surface area contributed by atoms with Gasteiger partial charge in [0.05, 0.1) is 21.5 Å². The second-order valence-corrected chi connectivity index (χ2v) is 6.98. The second kappa shape index (κ2) is 5.67. The van der Waals surface area contributed by atoms with Crippen molar-refractivity contribution in [1.82, 2.24) is 0 Å². The van der Waals surface area contributed by atoms with E-state index in [9.17, 15) is 12.8 Å². The zero-order valence-corrected chi connectivity index (χ0v) is 12.3. The Morgan fingerprint density at radius 2 is 2.11 bits per heavy atom. The lowest BCUT2D eigenvalue weighted by Crippen LogP contribution is -2.25. The number of sulfone groups is 1. The second-order valence-electron chi connectivity index (χ2n) is 3.92. The molecular weight excluding hydrogens is 323 g/mol. The number of hydrogen-bond acceptors (Lipinski definition) is 4. The van der Waals surface area contributed by atoms with Crippen LogP contribution in [0, 0.1) is 17.1 Å². The Kier molecular flexibility index (Phi) is 4.71. The summed E-state index contributed by atoms with van der Waals surface area (Å²) in [5, 5.41) is 8.74. The van der Waals surface area contributed by atoms with Crippen LogP contribution in [0.15, 0.2) is 16.6 Å². The first-order valence-electron chi connectivity index (χ1n) is 5.03. The molecule has 0 aliphatic rings. The van der Waals surface area contributed by atoms with Crippen LogP contribution in [0.4, 0.5) is 10.1 Å². The van der Waals surface area contributed by atoms with Crippen molar-refractivity contribution in [3.8, 4) is 6.07 Å². The van der Waals surface area contributed by atoms with Gasteiger partial charge in [-0.15, -0.1) is 0 Å². The van der Waals surface area contributed by atoms with Crippen molar-refractivity contribution in [3.63, 3.8) is 0 Å². The Labute approximate surface area is 114 Å². The molecule has 0 saturated heterocycles. The molecule has 18 heavy (non-hydrogen) atoms. The number of benzene rings is 1. The summed E-state index contributed by atoms with van der Waals surface area (Å²) in [6.45, 7) is 0.189. The van der Waals surface area contributed by atoms with Crippen molar-refractivity contribution < 1.29 is 12.8 Å². The Morgan fingerprint density at radius 1 is 1.50 bits per heavy atom. The summed E-state index contributed by atoms with van der Waals surface area (Å²) < 4.78 is 36.1. The minimum Gasteiger partial charge on any atom is -0.371 e. The normalized spacial score (nSPS) is 11.1. The number of hydrogen-bond donors (Lipinski definition) is 0. The van der Waals surface area contributed by atoms with Gasteiger partial charge >= 0.3 is 0 Å². The van der Waals surface area contributed by atoms with E-state index < -0.39 is 15.7 Å². The Hall–Kier alpha value is -1.13. The van der Waals surface area contributed by atoms with Gasteiger partial charge in [0.1, 0.15) is 15.9 Å². The number of nitrogens with zero attached hydrogens (tertiary/aromatic N) is 2. The Bertz CT molecular complexity index is 596. The fourth-order valence-electron chi connectivity index (χ4n) is 1.34. The maximum absolute atomic E-state index is 13.9. The van der Waals surface area contributed by atoms with Crippen molar-refractivity contribution in [2.45, 2.75) is 0 Å². The molecule has 7 heteroatoms. The molecule has 0 spiro atoms. The molecule has 0 N–H and O–H groups in total. The van der Waals surface area contributed by atoms with E-state index in [4.69, 9.17) is 5.26 Å². The summed E-state index contributed by atoms with van der Waals surface area (Å²) in [6.07, 6.45) is 1.13. The zero-order valence-electron chi connectivity index (χ0n) is 9.94. The van der Waals surface area contributed by atoms with E-state index in [0.717, 1.165) is 6.26 Å². The molecule has 0 atom stereocenters. The number of rotatable bonds is 4. The summed E-state index contributed by atoms with van der Waals surface area (Å²) >= 11 is 3.01. The van der Waals surface area contributed by atoms with Crippen LogP contribution < -0.4 is 4.90 Å². The van der Waals surface area contributed by atoms with Gasteiger partial charge in [0, 0.05) is 19.8 Å². The van der Waals surface area contributed by atoms with Crippen molar-refractivity contribution in [2.24, 2.45) is 0 Å². The van der Waals surface area contributed by atoms with Gasteiger partial charge in [-0.1, -0.05) is 0 Å². The van der Waals surface area contributed by atoms with E-state index in [0.29, 0.717) is 0 Å². The highest BCUT2D eigenvalue weighted by Gasteiger charge is 2.15. The zero-order chi connectivity index (χ0) is 13.9. The van der Waals surface area contributed by atoms with Gasteiger partial charge in [-0.2, -0.15) is 5.26 Å². The minimum atomic E-state index is -3.09. The average molecular weight is 335 g/mol. The largest absolute Gasteiger partial charge is 0.371 e. The molecule has 1 aromatic rings. The molecule has 0 fully saturated rings. The fraction of sp³-hybridized carbons (Fsp3) is 0.364. The number of halogens is 2. The molecule has 0 bridgehead atoms. The standard InChI is InChI=1S/C11H12BrFN2O2S/c1-15(5-6-18(2,16)17)9-4-3-8(7-14)10(12)11(9)13/h3-4H,5-6H2,1-2H3. The molecule has 1 aromatic carbocycles. The summed E-state index contributed by atoms with van der Waals surface area (Å²) in [4.78, 5) is 1.50. The third-order valence-electron chi connectivity index (χ3n) is 2.39. The highest BCUT2D eigenvalue weighted by Crippen LogP contribution is 2.28. The molecule has 0 saturated carbocycles. The highest BCUT2D eigenvalue weighted by molar-refractivity contribution is 9.10. The maximum Gasteiger partial charge on any atom is 0.161 e. The summed E-state index contributed by atoms with van der Waals surface area (Å²) in [6, 6.07) is 4.80. The first-order chi connectivity index (χ1) is 8.26. The predicted octanol–water partition coefficient (Wildman–Crippen LogP) is 1.94.